The molecule has 0 saturated heterocycles. The number of hydrogen-bond donors (Lipinski definition) is 1. The van der Waals surface area contributed by atoms with Crippen LogP contribution in [-0.4, -0.2) is 16.1 Å². The van der Waals surface area contributed by atoms with Crippen molar-refractivity contribution < 1.29 is 9.90 Å². The lowest BCUT2D eigenvalue weighted by Crippen LogP contribution is -2.04. The van der Waals surface area contributed by atoms with Crippen molar-refractivity contribution in [2.75, 3.05) is 0 Å². The molecule has 1 N–H and O–H groups in total. The summed E-state index contributed by atoms with van der Waals surface area (Å²) in [4.78, 5) is 15.1. The van der Waals surface area contributed by atoms with Crippen LogP contribution in [0.4, 0.5) is 0 Å². The molecule has 1 aromatic heterocycles. The Hall–Kier alpha value is -1.87. The fourth-order valence-electron chi connectivity index (χ4n) is 1.96. The van der Waals surface area contributed by atoms with E-state index < -0.39 is 5.97 Å². The topological polar surface area (TPSA) is 50.2 Å². The number of hydrogen-bond acceptors (Lipinski definition) is 2. The number of aromatic nitrogens is 1. The van der Waals surface area contributed by atoms with E-state index in [0.29, 0.717) is 18.4 Å². The molecule has 2 rings (SSSR count). The number of carboxylic acids is 1. The molecule has 0 unspecified atom stereocenters. The smallest absolute Gasteiger partial charge is 0.336 e. The predicted octanol–water partition coefficient (Wildman–Crippen LogP) is 3.53. The van der Waals surface area contributed by atoms with Crippen molar-refractivity contribution in [2.24, 2.45) is 0 Å². The van der Waals surface area contributed by atoms with Crippen LogP contribution in [0.25, 0.3) is 0 Å². The number of pyridine rings is 1. The highest BCUT2D eigenvalue weighted by Crippen LogP contribution is 2.20. The monoisotopic (exact) mass is 275 g/mol. The number of benzene rings is 1. The Balaban J connectivity index is 2.17. The molecule has 19 heavy (non-hydrogen) atoms. The molecule has 2 aromatic rings. The van der Waals surface area contributed by atoms with E-state index in [4.69, 9.17) is 16.7 Å². The first kappa shape index (κ1) is 13.6. The number of halogens is 1. The van der Waals surface area contributed by atoms with Crippen LogP contribution in [0.3, 0.4) is 0 Å². The lowest BCUT2D eigenvalue weighted by atomic mass is 10.0. The zero-order valence-corrected chi connectivity index (χ0v) is 11.3. The molecular formula is C15H14ClNO2. The van der Waals surface area contributed by atoms with Crippen LogP contribution in [0.15, 0.2) is 36.7 Å². The minimum Gasteiger partial charge on any atom is -0.478 e. The minimum absolute atomic E-state index is 0.304. The third-order valence-corrected chi connectivity index (χ3v) is 3.36. The predicted molar refractivity (Wildman–Crippen MR) is 74.8 cm³/mol. The lowest BCUT2D eigenvalue weighted by Gasteiger charge is -2.07. The Morgan fingerprint density at radius 3 is 2.68 bits per heavy atom. The van der Waals surface area contributed by atoms with E-state index in [1.165, 1.54) is 12.3 Å². The van der Waals surface area contributed by atoms with Gasteiger partial charge in [0.2, 0.25) is 0 Å². The van der Waals surface area contributed by atoms with Crippen molar-refractivity contribution in [3.63, 3.8) is 0 Å². The minimum atomic E-state index is -0.924. The number of nitrogens with zero attached hydrogens (tertiary/aromatic N) is 1. The molecule has 1 aromatic carbocycles. The van der Waals surface area contributed by atoms with Gasteiger partial charge in [-0.15, -0.1) is 0 Å². The Kier molecular flexibility index (Phi) is 4.17. The van der Waals surface area contributed by atoms with Gasteiger partial charge in [-0.05, 0) is 48.6 Å². The second-order valence-corrected chi connectivity index (χ2v) is 4.84. The third-order valence-electron chi connectivity index (χ3n) is 3.01. The lowest BCUT2D eigenvalue weighted by molar-refractivity contribution is 0.0695. The van der Waals surface area contributed by atoms with Gasteiger partial charge in [-0.25, -0.2) is 4.79 Å². The summed E-state index contributed by atoms with van der Waals surface area (Å²) in [7, 11) is 0. The third kappa shape index (κ3) is 3.32. The maximum atomic E-state index is 11.1. The molecular weight excluding hydrogens is 262 g/mol. The number of carbonyl (C=O) groups is 1. The molecule has 0 amide bonds. The highest BCUT2D eigenvalue weighted by molar-refractivity contribution is 6.31. The average Bonchev–Trinajstić information content (AvgIpc) is 2.38. The molecule has 0 aliphatic heterocycles. The van der Waals surface area contributed by atoms with Crippen molar-refractivity contribution in [1.82, 2.24) is 4.98 Å². The first-order valence-electron chi connectivity index (χ1n) is 5.99. The van der Waals surface area contributed by atoms with E-state index in [9.17, 15) is 4.79 Å². The summed E-state index contributed by atoms with van der Waals surface area (Å²) in [5, 5.41) is 9.82. The number of rotatable bonds is 4. The summed E-state index contributed by atoms with van der Waals surface area (Å²) in [5.41, 5.74) is 3.17. The van der Waals surface area contributed by atoms with Gasteiger partial charge in [0, 0.05) is 17.4 Å². The van der Waals surface area contributed by atoms with Crippen LogP contribution in [0.5, 0.6) is 0 Å². The summed E-state index contributed by atoms with van der Waals surface area (Å²) >= 11 is 6.17. The van der Waals surface area contributed by atoms with Crippen molar-refractivity contribution >= 4 is 17.6 Å². The quantitative estimate of drug-likeness (QED) is 0.929. The van der Waals surface area contributed by atoms with Crippen molar-refractivity contribution in [3.8, 4) is 0 Å². The van der Waals surface area contributed by atoms with Crippen LogP contribution in [-0.2, 0) is 12.8 Å². The average molecular weight is 276 g/mol. The molecule has 0 bridgehead atoms. The van der Waals surface area contributed by atoms with Crippen LogP contribution in [0.1, 0.15) is 27.0 Å². The van der Waals surface area contributed by atoms with Gasteiger partial charge in [0.05, 0.1) is 5.56 Å². The molecule has 0 radical (unpaired) electrons. The van der Waals surface area contributed by atoms with Crippen LogP contribution in [0.2, 0.25) is 5.02 Å². The fourth-order valence-corrected chi connectivity index (χ4v) is 2.29. The molecule has 3 nitrogen and oxygen atoms in total. The highest BCUT2D eigenvalue weighted by atomic mass is 35.5. The molecule has 98 valence electrons. The van der Waals surface area contributed by atoms with Gasteiger partial charge in [-0.1, -0.05) is 23.7 Å². The van der Waals surface area contributed by atoms with Crippen LogP contribution in [0, 0.1) is 6.92 Å². The summed E-state index contributed by atoms with van der Waals surface area (Å²) in [6.07, 6.45) is 4.40. The molecule has 0 spiro atoms. The molecule has 0 saturated carbocycles. The molecule has 4 heteroatoms. The van der Waals surface area contributed by atoms with Gasteiger partial charge in [0.1, 0.15) is 0 Å². The maximum absolute atomic E-state index is 11.1. The standard InChI is InChI=1S/C15H14ClNO2/c1-10-2-3-11(14(16)8-10)4-5-12-9-17-7-6-13(12)15(18)19/h2-3,6-9H,4-5H2,1H3,(H,18,19). The summed E-state index contributed by atoms with van der Waals surface area (Å²) in [6, 6.07) is 7.42. The molecule has 0 aliphatic rings. The molecule has 0 atom stereocenters. The van der Waals surface area contributed by atoms with E-state index >= 15 is 0 Å². The SMILES string of the molecule is Cc1ccc(CCc2cnccc2C(=O)O)c(Cl)c1. The maximum Gasteiger partial charge on any atom is 0.336 e. The Bertz CT molecular complexity index is 611. The highest BCUT2D eigenvalue weighted by Gasteiger charge is 2.10. The van der Waals surface area contributed by atoms with Crippen LogP contribution < -0.4 is 0 Å². The zero-order valence-electron chi connectivity index (χ0n) is 10.6. The zero-order chi connectivity index (χ0) is 13.8. The number of carboxylic acid groups (broad SMARTS) is 1. The van der Waals surface area contributed by atoms with Gasteiger partial charge in [-0.2, -0.15) is 0 Å². The first-order valence-corrected chi connectivity index (χ1v) is 6.37. The van der Waals surface area contributed by atoms with Crippen molar-refractivity contribution in [2.45, 2.75) is 19.8 Å². The Morgan fingerprint density at radius 2 is 2.00 bits per heavy atom. The van der Waals surface area contributed by atoms with E-state index in [1.54, 1.807) is 6.20 Å². The van der Waals surface area contributed by atoms with E-state index in [1.807, 2.05) is 25.1 Å². The van der Waals surface area contributed by atoms with E-state index in [0.717, 1.165) is 21.7 Å². The van der Waals surface area contributed by atoms with Gasteiger partial charge >= 0.3 is 5.97 Å². The summed E-state index contributed by atoms with van der Waals surface area (Å²) < 4.78 is 0. The second kappa shape index (κ2) is 5.85. The molecule has 1 heterocycles. The van der Waals surface area contributed by atoms with Gasteiger partial charge in [0.15, 0.2) is 0 Å². The van der Waals surface area contributed by atoms with Crippen molar-refractivity contribution in [3.05, 3.63) is 63.9 Å². The van der Waals surface area contributed by atoms with Crippen LogP contribution >= 0.6 is 11.6 Å². The summed E-state index contributed by atoms with van der Waals surface area (Å²) in [5.74, 6) is -0.924. The first-order chi connectivity index (χ1) is 9.08. The Labute approximate surface area is 116 Å². The van der Waals surface area contributed by atoms with Gasteiger partial charge in [-0.3, -0.25) is 4.98 Å². The molecule has 0 aliphatic carbocycles. The summed E-state index contributed by atoms with van der Waals surface area (Å²) in [6.45, 7) is 1.99. The van der Waals surface area contributed by atoms with Crippen molar-refractivity contribution in [1.29, 1.82) is 0 Å². The number of aromatic carboxylic acids is 1. The largest absolute Gasteiger partial charge is 0.478 e. The van der Waals surface area contributed by atoms with E-state index in [-0.39, 0.29) is 0 Å². The Morgan fingerprint density at radius 1 is 1.26 bits per heavy atom. The normalized spacial score (nSPS) is 10.4. The second-order valence-electron chi connectivity index (χ2n) is 4.43. The number of aryl methyl sites for hydroxylation is 3. The van der Waals surface area contributed by atoms with Gasteiger partial charge < -0.3 is 5.11 Å². The molecule has 0 fully saturated rings. The van der Waals surface area contributed by atoms with E-state index in [2.05, 4.69) is 4.98 Å². The fraction of sp³-hybridized carbons (Fsp3) is 0.200. The van der Waals surface area contributed by atoms with Gasteiger partial charge in [0.25, 0.3) is 0 Å².